The summed E-state index contributed by atoms with van der Waals surface area (Å²) in [6.07, 6.45) is 3.62. The molecule has 0 fully saturated rings. The van der Waals surface area contributed by atoms with Crippen LogP contribution in [-0.4, -0.2) is 23.6 Å². The van der Waals surface area contributed by atoms with E-state index in [1.807, 2.05) is 29.2 Å². The molecular weight excluding hydrogens is 228 g/mol. The topological polar surface area (TPSA) is 40.6 Å². The zero-order valence-electron chi connectivity index (χ0n) is 9.95. The van der Waals surface area contributed by atoms with Crippen LogP contribution in [0, 0.1) is 0 Å². The first kappa shape index (κ1) is 12.1. The SMILES string of the molecule is C=CN1CN(C=C)C(C(=O)C=O)c2ccccc21. The molecule has 92 valence electrons. The van der Waals surface area contributed by atoms with Crippen molar-refractivity contribution in [3.63, 3.8) is 0 Å². The van der Waals surface area contributed by atoms with Gasteiger partial charge in [-0.2, -0.15) is 0 Å². The average Bonchev–Trinajstić information content (AvgIpc) is 2.44. The Hall–Kier alpha value is -2.36. The smallest absolute Gasteiger partial charge is 0.222 e. The third-order valence-corrected chi connectivity index (χ3v) is 3.03. The molecule has 1 unspecified atom stereocenters. The minimum Gasteiger partial charge on any atom is -0.346 e. The van der Waals surface area contributed by atoms with Crippen molar-refractivity contribution in [2.45, 2.75) is 6.04 Å². The van der Waals surface area contributed by atoms with Gasteiger partial charge in [-0.25, -0.2) is 0 Å². The normalized spacial score (nSPS) is 17.9. The Labute approximate surface area is 106 Å². The summed E-state index contributed by atoms with van der Waals surface area (Å²) in [6, 6.07) is 6.89. The van der Waals surface area contributed by atoms with E-state index in [1.54, 1.807) is 17.3 Å². The number of rotatable bonds is 4. The van der Waals surface area contributed by atoms with Crippen LogP contribution in [-0.2, 0) is 9.59 Å². The van der Waals surface area contributed by atoms with Crippen molar-refractivity contribution in [3.8, 4) is 0 Å². The van der Waals surface area contributed by atoms with E-state index in [0.717, 1.165) is 11.3 Å². The second-order valence-corrected chi connectivity index (χ2v) is 3.97. The van der Waals surface area contributed by atoms with Crippen molar-refractivity contribution in [3.05, 3.63) is 55.4 Å². The Balaban J connectivity index is 2.57. The molecule has 1 aliphatic rings. The third kappa shape index (κ3) is 1.82. The quantitative estimate of drug-likeness (QED) is 0.597. The van der Waals surface area contributed by atoms with Gasteiger partial charge in [-0.1, -0.05) is 31.4 Å². The Morgan fingerprint density at radius 2 is 2.00 bits per heavy atom. The van der Waals surface area contributed by atoms with E-state index in [2.05, 4.69) is 13.2 Å². The van der Waals surface area contributed by atoms with E-state index in [9.17, 15) is 9.59 Å². The number of anilines is 1. The molecule has 0 aliphatic carbocycles. The summed E-state index contributed by atoms with van der Waals surface area (Å²) in [4.78, 5) is 26.2. The number of ketones is 1. The number of fused-ring (bicyclic) bond motifs is 1. The second kappa shape index (κ2) is 4.87. The monoisotopic (exact) mass is 242 g/mol. The maximum Gasteiger partial charge on any atom is 0.222 e. The van der Waals surface area contributed by atoms with Gasteiger partial charge in [0.25, 0.3) is 0 Å². The summed E-state index contributed by atoms with van der Waals surface area (Å²) < 4.78 is 0. The molecule has 0 aromatic heterocycles. The van der Waals surface area contributed by atoms with Gasteiger partial charge in [0.15, 0.2) is 6.29 Å². The Bertz CT molecular complexity index is 510. The fourth-order valence-electron chi connectivity index (χ4n) is 2.19. The van der Waals surface area contributed by atoms with Crippen LogP contribution in [0.2, 0.25) is 0 Å². The first-order chi connectivity index (χ1) is 8.72. The van der Waals surface area contributed by atoms with Crippen LogP contribution in [0.3, 0.4) is 0 Å². The lowest BCUT2D eigenvalue weighted by atomic mass is 9.97. The highest BCUT2D eigenvalue weighted by molar-refractivity contribution is 6.27. The van der Waals surface area contributed by atoms with Gasteiger partial charge in [0.2, 0.25) is 5.78 Å². The lowest BCUT2D eigenvalue weighted by Crippen LogP contribution is -2.42. The van der Waals surface area contributed by atoms with Gasteiger partial charge in [0.05, 0.1) is 6.67 Å². The van der Waals surface area contributed by atoms with Crippen LogP contribution in [0.5, 0.6) is 0 Å². The van der Waals surface area contributed by atoms with Crippen molar-refractivity contribution in [2.24, 2.45) is 0 Å². The zero-order valence-corrected chi connectivity index (χ0v) is 9.95. The van der Waals surface area contributed by atoms with E-state index in [1.165, 1.54) is 0 Å². The molecule has 0 saturated heterocycles. The molecule has 1 aromatic carbocycles. The van der Waals surface area contributed by atoms with E-state index < -0.39 is 11.8 Å². The highest BCUT2D eigenvalue weighted by atomic mass is 16.2. The predicted molar refractivity (Wildman–Crippen MR) is 69.8 cm³/mol. The molecule has 1 aromatic rings. The molecule has 18 heavy (non-hydrogen) atoms. The van der Waals surface area contributed by atoms with E-state index in [0.29, 0.717) is 13.0 Å². The van der Waals surface area contributed by atoms with E-state index in [-0.39, 0.29) is 0 Å². The highest BCUT2D eigenvalue weighted by Crippen LogP contribution is 2.35. The Kier molecular flexibility index (Phi) is 3.28. The van der Waals surface area contributed by atoms with Crippen LogP contribution < -0.4 is 4.90 Å². The second-order valence-electron chi connectivity index (χ2n) is 3.97. The fourth-order valence-corrected chi connectivity index (χ4v) is 2.19. The van der Waals surface area contributed by atoms with Crippen LogP contribution in [0.15, 0.2) is 49.8 Å². The standard InChI is InChI=1S/C14H14N2O2/c1-3-15-10-16(4-2)14(13(18)9-17)11-7-5-6-8-12(11)15/h3-9,14H,1-2,10H2. The van der Waals surface area contributed by atoms with Gasteiger partial charge in [0.1, 0.15) is 6.04 Å². The number of carbonyl (C=O) groups excluding carboxylic acids is 2. The molecule has 4 nitrogen and oxygen atoms in total. The highest BCUT2D eigenvalue weighted by Gasteiger charge is 2.33. The largest absolute Gasteiger partial charge is 0.346 e. The summed E-state index contributed by atoms with van der Waals surface area (Å²) in [6.45, 7) is 7.89. The summed E-state index contributed by atoms with van der Waals surface area (Å²) >= 11 is 0. The molecule has 0 N–H and O–H groups in total. The number of aldehydes is 1. The third-order valence-electron chi connectivity index (χ3n) is 3.03. The number of Topliss-reactive ketones (excluding diaryl/α,β-unsaturated/α-hetero) is 1. The molecule has 0 radical (unpaired) electrons. The number of benzene rings is 1. The first-order valence-corrected chi connectivity index (χ1v) is 5.58. The van der Waals surface area contributed by atoms with E-state index in [4.69, 9.17) is 0 Å². The molecule has 0 amide bonds. The van der Waals surface area contributed by atoms with Crippen LogP contribution >= 0.6 is 0 Å². The summed E-state index contributed by atoms with van der Waals surface area (Å²) in [5, 5.41) is 0. The van der Waals surface area contributed by atoms with Gasteiger partial charge in [-0.15, -0.1) is 0 Å². The van der Waals surface area contributed by atoms with Crippen molar-refractivity contribution in [1.29, 1.82) is 0 Å². The average molecular weight is 242 g/mol. The molecule has 0 spiro atoms. The molecule has 1 heterocycles. The van der Waals surface area contributed by atoms with Gasteiger partial charge in [0, 0.05) is 11.3 Å². The van der Waals surface area contributed by atoms with Crippen molar-refractivity contribution >= 4 is 17.8 Å². The summed E-state index contributed by atoms with van der Waals surface area (Å²) in [5.74, 6) is -0.467. The van der Waals surface area contributed by atoms with Gasteiger partial charge in [-0.05, 0) is 18.5 Å². The minimum atomic E-state index is -0.590. The molecule has 0 saturated carbocycles. The van der Waals surface area contributed by atoms with Crippen LogP contribution in [0.25, 0.3) is 0 Å². The maximum atomic E-state index is 11.8. The van der Waals surface area contributed by atoms with Crippen molar-refractivity contribution in [1.82, 2.24) is 4.90 Å². The van der Waals surface area contributed by atoms with Crippen molar-refractivity contribution < 1.29 is 9.59 Å². The Morgan fingerprint density at radius 3 is 2.61 bits per heavy atom. The Morgan fingerprint density at radius 1 is 1.28 bits per heavy atom. The fraction of sp³-hybridized carbons (Fsp3) is 0.143. The molecule has 0 bridgehead atoms. The molecular formula is C14H14N2O2. The lowest BCUT2D eigenvalue weighted by Gasteiger charge is -2.40. The van der Waals surface area contributed by atoms with Crippen molar-refractivity contribution in [2.75, 3.05) is 11.6 Å². The van der Waals surface area contributed by atoms with Gasteiger partial charge < -0.3 is 9.80 Å². The van der Waals surface area contributed by atoms with Crippen LogP contribution in [0.1, 0.15) is 11.6 Å². The molecule has 1 aliphatic heterocycles. The lowest BCUT2D eigenvalue weighted by molar-refractivity contribution is -0.133. The summed E-state index contributed by atoms with van der Waals surface area (Å²) in [7, 11) is 0. The molecule has 4 heteroatoms. The number of hydrogen-bond acceptors (Lipinski definition) is 4. The molecule has 2 rings (SSSR count). The zero-order chi connectivity index (χ0) is 13.1. The minimum absolute atomic E-state index is 0.363. The number of carbonyl (C=O) groups is 2. The summed E-state index contributed by atoms with van der Waals surface area (Å²) in [5.41, 5.74) is 1.69. The maximum absolute atomic E-state index is 11.8. The number of nitrogens with zero attached hydrogens (tertiary/aromatic N) is 2. The number of hydrogen-bond donors (Lipinski definition) is 0. The molecule has 1 atom stereocenters. The predicted octanol–water partition coefficient (Wildman–Crippen LogP) is 1.86. The van der Waals surface area contributed by atoms with Gasteiger partial charge in [-0.3, -0.25) is 9.59 Å². The first-order valence-electron chi connectivity index (χ1n) is 5.58. The van der Waals surface area contributed by atoms with Gasteiger partial charge >= 0.3 is 0 Å². The van der Waals surface area contributed by atoms with E-state index >= 15 is 0 Å². The number of para-hydroxylation sites is 1. The van der Waals surface area contributed by atoms with Crippen LogP contribution in [0.4, 0.5) is 5.69 Å².